The lowest BCUT2D eigenvalue weighted by Crippen LogP contribution is -2.56. The van der Waals surface area contributed by atoms with E-state index in [0.717, 1.165) is 32.1 Å². The maximum atomic E-state index is 12.8. The highest BCUT2D eigenvalue weighted by atomic mass is 79.9. The lowest BCUT2D eigenvalue weighted by Gasteiger charge is -2.58. The fraction of sp³-hybridized carbons (Fsp3) is 0.579. The quantitative estimate of drug-likeness (QED) is 0.406. The molecule has 24 heavy (non-hydrogen) atoms. The molecule has 4 aliphatic rings. The third kappa shape index (κ3) is 2.82. The highest BCUT2D eigenvalue weighted by Crippen LogP contribution is 2.64. The Hall–Kier alpha value is -0.870. The van der Waals surface area contributed by atoms with Gasteiger partial charge in [0.15, 0.2) is 6.61 Å². The largest absolute Gasteiger partial charge is 0.457 e. The SMILES string of the molecule is O=C(COC(=O)C12C[C@@H]3C[C@@H](CC(Br)(C3)C1)C2)c1ccccc1Cl. The van der Waals surface area contributed by atoms with Crippen molar-refractivity contribution >= 4 is 39.3 Å². The number of benzene rings is 1. The van der Waals surface area contributed by atoms with Gasteiger partial charge in [-0.1, -0.05) is 39.7 Å². The molecule has 4 aliphatic carbocycles. The normalized spacial score (nSPS) is 36.6. The highest BCUT2D eigenvalue weighted by molar-refractivity contribution is 9.10. The van der Waals surface area contributed by atoms with E-state index in [0.29, 0.717) is 22.4 Å². The average Bonchev–Trinajstić information content (AvgIpc) is 2.50. The van der Waals surface area contributed by atoms with Crippen molar-refractivity contribution in [1.29, 1.82) is 0 Å². The Balaban J connectivity index is 1.45. The molecule has 4 saturated carbocycles. The summed E-state index contributed by atoms with van der Waals surface area (Å²) in [6.45, 7) is -0.227. The number of rotatable bonds is 4. The Kier molecular flexibility index (Phi) is 4.04. The molecular weight excluding hydrogens is 392 g/mol. The number of alkyl halides is 1. The van der Waals surface area contributed by atoms with Crippen molar-refractivity contribution in [1.82, 2.24) is 0 Å². The summed E-state index contributed by atoms with van der Waals surface area (Å²) in [4.78, 5) is 25.1. The van der Waals surface area contributed by atoms with Crippen molar-refractivity contribution in [2.45, 2.75) is 42.8 Å². The summed E-state index contributed by atoms with van der Waals surface area (Å²) in [5.74, 6) is 0.781. The van der Waals surface area contributed by atoms with Gasteiger partial charge in [0.05, 0.1) is 10.4 Å². The Morgan fingerprint density at radius 3 is 2.46 bits per heavy atom. The predicted octanol–water partition coefficient (Wildman–Crippen LogP) is 4.80. The molecule has 4 atom stereocenters. The van der Waals surface area contributed by atoms with Crippen molar-refractivity contribution in [3.8, 4) is 0 Å². The second-order valence-corrected chi connectivity index (χ2v) is 9.96. The van der Waals surface area contributed by atoms with Crippen LogP contribution in [0.5, 0.6) is 0 Å². The number of carbonyl (C=O) groups is 2. The molecule has 2 unspecified atom stereocenters. The van der Waals surface area contributed by atoms with Crippen LogP contribution in [0.3, 0.4) is 0 Å². The minimum Gasteiger partial charge on any atom is -0.457 e. The van der Waals surface area contributed by atoms with Gasteiger partial charge in [-0.2, -0.15) is 0 Å². The number of hydrogen-bond donors (Lipinski definition) is 0. The molecular formula is C19H20BrClO3. The highest BCUT2D eigenvalue weighted by Gasteiger charge is 2.60. The van der Waals surface area contributed by atoms with E-state index < -0.39 is 5.41 Å². The Morgan fingerprint density at radius 1 is 1.17 bits per heavy atom. The number of Topliss-reactive ketones (excluding diaryl/α,β-unsaturated/α-hetero) is 1. The average molecular weight is 412 g/mol. The smallest absolute Gasteiger partial charge is 0.312 e. The molecule has 0 N–H and O–H groups in total. The Bertz CT molecular complexity index is 688. The molecule has 0 spiro atoms. The van der Waals surface area contributed by atoms with Crippen LogP contribution >= 0.6 is 27.5 Å². The Morgan fingerprint density at radius 2 is 1.83 bits per heavy atom. The molecule has 5 heteroatoms. The second-order valence-electron chi connectivity index (χ2n) is 7.87. The monoisotopic (exact) mass is 410 g/mol. The molecule has 4 fully saturated rings. The van der Waals surface area contributed by atoms with Crippen molar-refractivity contribution in [3.63, 3.8) is 0 Å². The van der Waals surface area contributed by atoms with E-state index in [9.17, 15) is 9.59 Å². The summed E-state index contributed by atoms with van der Waals surface area (Å²) in [7, 11) is 0. The van der Waals surface area contributed by atoms with E-state index in [-0.39, 0.29) is 22.7 Å². The van der Waals surface area contributed by atoms with Crippen LogP contribution in [-0.2, 0) is 9.53 Å². The first-order valence-corrected chi connectivity index (χ1v) is 9.70. The van der Waals surface area contributed by atoms with Crippen LogP contribution in [0.4, 0.5) is 0 Å². The van der Waals surface area contributed by atoms with Gasteiger partial charge in [-0.15, -0.1) is 0 Å². The van der Waals surface area contributed by atoms with E-state index in [1.807, 2.05) is 0 Å². The molecule has 4 bridgehead atoms. The van der Waals surface area contributed by atoms with Gasteiger partial charge in [0.1, 0.15) is 0 Å². The Labute approximate surface area is 155 Å². The summed E-state index contributed by atoms with van der Waals surface area (Å²) in [6.07, 6.45) is 6.23. The van der Waals surface area contributed by atoms with E-state index in [4.69, 9.17) is 16.3 Å². The molecule has 0 aliphatic heterocycles. The van der Waals surface area contributed by atoms with Gasteiger partial charge in [0.2, 0.25) is 5.78 Å². The minimum absolute atomic E-state index is 0.100. The van der Waals surface area contributed by atoms with Crippen LogP contribution < -0.4 is 0 Å². The van der Waals surface area contributed by atoms with E-state index in [1.165, 1.54) is 6.42 Å². The zero-order valence-electron chi connectivity index (χ0n) is 13.4. The molecule has 0 amide bonds. The van der Waals surface area contributed by atoms with E-state index in [1.54, 1.807) is 24.3 Å². The van der Waals surface area contributed by atoms with Crippen molar-refractivity contribution < 1.29 is 14.3 Å². The van der Waals surface area contributed by atoms with Crippen LogP contribution in [0.2, 0.25) is 5.02 Å². The number of esters is 1. The summed E-state index contributed by atoms with van der Waals surface area (Å²) >= 11 is 9.94. The number of halogens is 2. The maximum Gasteiger partial charge on any atom is 0.312 e. The molecule has 5 rings (SSSR count). The lowest BCUT2D eigenvalue weighted by atomic mass is 9.49. The number of hydrogen-bond acceptors (Lipinski definition) is 3. The van der Waals surface area contributed by atoms with Crippen molar-refractivity contribution in [2.75, 3.05) is 6.61 Å². The zero-order valence-corrected chi connectivity index (χ0v) is 15.7. The summed E-state index contributed by atoms with van der Waals surface area (Å²) < 4.78 is 5.58. The molecule has 128 valence electrons. The van der Waals surface area contributed by atoms with Crippen LogP contribution in [0.25, 0.3) is 0 Å². The third-order valence-electron chi connectivity index (χ3n) is 5.93. The summed E-state index contributed by atoms with van der Waals surface area (Å²) in [5, 5.41) is 0.396. The molecule has 0 radical (unpaired) electrons. The van der Waals surface area contributed by atoms with Gasteiger partial charge >= 0.3 is 5.97 Å². The van der Waals surface area contributed by atoms with Gasteiger partial charge in [0.25, 0.3) is 0 Å². The minimum atomic E-state index is -0.394. The van der Waals surface area contributed by atoms with E-state index in [2.05, 4.69) is 15.9 Å². The van der Waals surface area contributed by atoms with Crippen LogP contribution in [0, 0.1) is 17.3 Å². The maximum absolute atomic E-state index is 12.8. The van der Waals surface area contributed by atoms with Gasteiger partial charge < -0.3 is 4.74 Å². The van der Waals surface area contributed by atoms with Gasteiger partial charge in [0, 0.05) is 9.89 Å². The van der Waals surface area contributed by atoms with Crippen LogP contribution in [0.1, 0.15) is 48.9 Å². The van der Waals surface area contributed by atoms with Crippen molar-refractivity contribution in [3.05, 3.63) is 34.9 Å². The summed E-state index contributed by atoms with van der Waals surface area (Å²) in [5.41, 5.74) is 0.0170. The number of carbonyl (C=O) groups excluding carboxylic acids is 2. The fourth-order valence-corrected chi connectivity index (χ4v) is 7.13. The first-order valence-electron chi connectivity index (χ1n) is 8.53. The third-order valence-corrected chi connectivity index (χ3v) is 7.19. The number of ketones is 1. The first kappa shape index (κ1) is 16.6. The van der Waals surface area contributed by atoms with Gasteiger partial charge in [-0.25, -0.2) is 0 Å². The molecule has 1 aromatic carbocycles. The van der Waals surface area contributed by atoms with E-state index >= 15 is 0 Å². The molecule has 0 heterocycles. The van der Waals surface area contributed by atoms with Crippen LogP contribution in [0.15, 0.2) is 24.3 Å². The molecule has 1 aromatic rings. The van der Waals surface area contributed by atoms with Gasteiger partial charge in [-0.3, -0.25) is 9.59 Å². The molecule has 3 nitrogen and oxygen atoms in total. The van der Waals surface area contributed by atoms with Crippen molar-refractivity contribution in [2.24, 2.45) is 17.3 Å². The molecule has 0 saturated heterocycles. The summed E-state index contributed by atoms with van der Waals surface area (Å²) in [6, 6.07) is 6.87. The topological polar surface area (TPSA) is 43.4 Å². The first-order chi connectivity index (χ1) is 11.4. The van der Waals surface area contributed by atoms with Gasteiger partial charge in [-0.05, 0) is 62.5 Å². The zero-order chi connectivity index (χ0) is 16.9. The lowest BCUT2D eigenvalue weighted by molar-refractivity contribution is -0.168. The second kappa shape index (κ2) is 5.84. The fourth-order valence-electron chi connectivity index (χ4n) is 5.44. The molecule has 0 aromatic heterocycles. The number of ether oxygens (including phenoxy) is 1. The van der Waals surface area contributed by atoms with Crippen LogP contribution in [-0.4, -0.2) is 22.7 Å². The predicted molar refractivity (Wildman–Crippen MR) is 95.5 cm³/mol. The standard InChI is InChI=1S/C19H20BrClO3/c20-19-8-12-5-13(9-19)7-18(6-12,11-19)17(23)24-10-16(22)14-3-1-2-4-15(14)21/h1-4,12-13H,5-11H2/t12-,13+,18?,19?.